The second-order valence-corrected chi connectivity index (χ2v) is 6.05. The van der Waals surface area contributed by atoms with Gasteiger partial charge in [-0.05, 0) is 30.7 Å². The number of amides is 1. The van der Waals surface area contributed by atoms with Gasteiger partial charge in [0.25, 0.3) is 0 Å². The van der Waals surface area contributed by atoms with Gasteiger partial charge in [-0.25, -0.2) is 4.98 Å². The summed E-state index contributed by atoms with van der Waals surface area (Å²) in [7, 11) is 0. The molecule has 1 aromatic heterocycles. The van der Waals surface area contributed by atoms with Crippen LogP contribution in [0.4, 0.5) is 5.69 Å². The Bertz CT molecular complexity index is 626. The predicted octanol–water partition coefficient (Wildman–Crippen LogP) is 3.30. The molecule has 1 amide bonds. The molecule has 0 fully saturated rings. The number of benzene rings is 1. The normalized spacial score (nSPS) is 10.5. The Balaban J connectivity index is 1.81. The molecule has 2 aromatic rings. The number of hydrogen-bond acceptors (Lipinski definition) is 5. The average Bonchev–Trinajstić information content (AvgIpc) is 3.07. The Morgan fingerprint density at radius 2 is 2.00 bits per heavy atom. The summed E-state index contributed by atoms with van der Waals surface area (Å²) in [5.41, 5.74) is 1.33. The molecule has 0 saturated heterocycles. The number of hydrogen-bond donors (Lipinski definition) is 2. The summed E-state index contributed by atoms with van der Waals surface area (Å²) in [6.07, 6.45) is 4.99. The van der Waals surface area contributed by atoms with E-state index in [0.717, 1.165) is 19.3 Å². The number of Topliss-reactive ketones (excluding diaryl/α,β-unsaturated/α-hetero) is 1. The second-order valence-electron chi connectivity index (χ2n) is 5.09. The first-order chi connectivity index (χ1) is 11.2. The van der Waals surface area contributed by atoms with Gasteiger partial charge in [-0.15, -0.1) is 0 Å². The van der Waals surface area contributed by atoms with Crippen LogP contribution in [0.2, 0.25) is 0 Å². The number of nitrogens with zero attached hydrogens (tertiary/aromatic N) is 2. The highest BCUT2D eigenvalue weighted by Crippen LogP contribution is 2.16. The lowest BCUT2D eigenvalue weighted by molar-refractivity contribution is -0.116. The lowest BCUT2D eigenvalue weighted by atomic mass is 10.1. The van der Waals surface area contributed by atoms with Crippen molar-refractivity contribution in [1.29, 1.82) is 0 Å². The summed E-state index contributed by atoms with van der Waals surface area (Å²) in [6, 6.07) is 6.96. The van der Waals surface area contributed by atoms with Gasteiger partial charge in [0.05, 0.1) is 5.75 Å². The summed E-state index contributed by atoms with van der Waals surface area (Å²) in [4.78, 5) is 27.8. The lowest BCUT2D eigenvalue weighted by Crippen LogP contribution is -2.11. The van der Waals surface area contributed by atoms with E-state index in [-0.39, 0.29) is 17.4 Å². The smallest absolute Gasteiger partial charge is 0.224 e. The molecule has 1 aromatic carbocycles. The number of rotatable bonds is 9. The summed E-state index contributed by atoms with van der Waals surface area (Å²) in [6.45, 7) is 2.11. The lowest BCUT2D eigenvalue weighted by Gasteiger charge is -2.06. The van der Waals surface area contributed by atoms with Crippen molar-refractivity contribution in [2.45, 2.75) is 37.8 Å². The number of carbonyl (C=O) groups is 2. The number of aromatic nitrogens is 3. The van der Waals surface area contributed by atoms with E-state index in [1.165, 1.54) is 18.1 Å². The van der Waals surface area contributed by atoms with Crippen molar-refractivity contribution in [3.63, 3.8) is 0 Å². The van der Waals surface area contributed by atoms with E-state index in [4.69, 9.17) is 0 Å². The minimum Gasteiger partial charge on any atom is -0.326 e. The summed E-state index contributed by atoms with van der Waals surface area (Å²) in [5, 5.41) is 9.89. The quantitative estimate of drug-likeness (QED) is 0.418. The summed E-state index contributed by atoms with van der Waals surface area (Å²) < 4.78 is 0. The van der Waals surface area contributed by atoms with Gasteiger partial charge in [0.15, 0.2) is 10.9 Å². The highest BCUT2D eigenvalue weighted by atomic mass is 32.2. The number of ketones is 1. The molecule has 0 spiro atoms. The molecule has 0 radical (unpaired) electrons. The van der Waals surface area contributed by atoms with Crippen LogP contribution in [0.25, 0.3) is 0 Å². The van der Waals surface area contributed by atoms with Crippen LogP contribution in [0.1, 0.15) is 43.0 Å². The minimum absolute atomic E-state index is 0.00669. The van der Waals surface area contributed by atoms with Crippen molar-refractivity contribution in [2.75, 3.05) is 11.1 Å². The van der Waals surface area contributed by atoms with Crippen molar-refractivity contribution in [1.82, 2.24) is 15.2 Å². The fourth-order valence-electron chi connectivity index (χ4n) is 1.98. The molecule has 0 unspecified atom stereocenters. The molecule has 23 heavy (non-hydrogen) atoms. The maximum Gasteiger partial charge on any atom is 0.224 e. The fraction of sp³-hybridized carbons (Fsp3) is 0.375. The summed E-state index contributed by atoms with van der Waals surface area (Å²) >= 11 is 1.31. The van der Waals surface area contributed by atoms with Crippen LogP contribution in [-0.4, -0.2) is 32.6 Å². The van der Waals surface area contributed by atoms with Crippen LogP contribution in [0.5, 0.6) is 0 Å². The van der Waals surface area contributed by atoms with E-state index >= 15 is 0 Å². The van der Waals surface area contributed by atoms with Gasteiger partial charge in [-0.3, -0.25) is 14.7 Å². The van der Waals surface area contributed by atoms with Gasteiger partial charge < -0.3 is 5.32 Å². The molecule has 2 N–H and O–H groups in total. The molecule has 0 aliphatic heterocycles. The molecule has 1 heterocycles. The van der Waals surface area contributed by atoms with Crippen molar-refractivity contribution in [2.24, 2.45) is 0 Å². The number of H-pyrrole nitrogens is 1. The Kier molecular flexibility index (Phi) is 6.80. The standard InChI is InChI=1S/C16H20N4O2S/c1-2-3-4-5-15(22)19-13-8-6-12(7-9-13)14(21)10-23-16-17-11-18-20-16/h6-9,11H,2-5,10H2,1H3,(H,19,22)(H,17,18,20). The second kappa shape index (κ2) is 9.09. The van der Waals surface area contributed by atoms with E-state index < -0.39 is 0 Å². The molecule has 0 aliphatic rings. The van der Waals surface area contributed by atoms with E-state index in [1.807, 2.05) is 0 Å². The monoisotopic (exact) mass is 332 g/mol. The molecule has 7 heteroatoms. The van der Waals surface area contributed by atoms with Crippen LogP contribution in [0, 0.1) is 0 Å². The van der Waals surface area contributed by atoms with Gasteiger partial charge in [0, 0.05) is 17.7 Å². The molecular formula is C16H20N4O2S. The molecule has 0 saturated carbocycles. The zero-order chi connectivity index (χ0) is 16.5. The topological polar surface area (TPSA) is 87.7 Å². The first-order valence-corrected chi connectivity index (χ1v) is 8.59. The van der Waals surface area contributed by atoms with Crippen molar-refractivity contribution in [3.8, 4) is 0 Å². The number of carbonyl (C=O) groups excluding carboxylic acids is 2. The maximum atomic E-state index is 12.1. The molecule has 2 rings (SSSR count). The van der Waals surface area contributed by atoms with Gasteiger partial charge in [-0.2, -0.15) is 5.10 Å². The average molecular weight is 332 g/mol. The molecule has 122 valence electrons. The van der Waals surface area contributed by atoms with Crippen LogP contribution in [0.15, 0.2) is 35.7 Å². The minimum atomic E-state index is 0.00669. The third-order valence-corrected chi connectivity index (χ3v) is 4.11. The van der Waals surface area contributed by atoms with Crippen LogP contribution in [0.3, 0.4) is 0 Å². The third-order valence-electron chi connectivity index (χ3n) is 3.23. The molecule has 0 atom stereocenters. The van der Waals surface area contributed by atoms with Crippen LogP contribution in [-0.2, 0) is 4.79 Å². The predicted molar refractivity (Wildman–Crippen MR) is 90.7 cm³/mol. The van der Waals surface area contributed by atoms with E-state index in [2.05, 4.69) is 27.4 Å². The first-order valence-electron chi connectivity index (χ1n) is 7.60. The number of nitrogens with one attached hydrogen (secondary N) is 2. The van der Waals surface area contributed by atoms with Gasteiger partial charge in [0.1, 0.15) is 6.33 Å². The third kappa shape index (κ3) is 5.86. The molecule has 0 bridgehead atoms. The number of thioether (sulfide) groups is 1. The van der Waals surface area contributed by atoms with E-state index in [0.29, 0.717) is 22.8 Å². The Hall–Kier alpha value is -2.15. The van der Waals surface area contributed by atoms with Crippen molar-refractivity contribution >= 4 is 29.1 Å². The van der Waals surface area contributed by atoms with E-state index in [1.54, 1.807) is 24.3 Å². The fourth-order valence-corrected chi connectivity index (χ4v) is 2.65. The maximum absolute atomic E-state index is 12.1. The van der Waals surface area contributed by atoms with Crippen LogP contribution < -0.4 is 5.32 Å². The van der Waals surface area contributed by atoms with Gasteiger partial charge in [-0.1, -0.05) is 31.5 Å². The first kappa shape index (κ1) is 17.2. The van der Waals surface area contributed by atoms with Crippen molar-refractivity contribution in [3.05, 3.63) is 36.2 Å². The highest BCUT2D eigenvalue weighted by molar-refractivity contribution is 7.99. The Labute approximate surface area is 139 Å². The van der Waals surface area contributed by atoms with Gasteiger partial charge in [0.2, 0.25) is 5.91 Å². The van der Waals surface area contributed by atoms with Crippen molar-refractivity contribution < 1.29 is 9.59 Å². The molecule has 0 aliphatic carbocycles. The number of unbranched alkanes of at least 4 members (excludes halogenated alkanes) is 2. The number of anilines is 1. The molecular weight excluding hydrogens is 312 g/mol. The van der Waals surface area contributed by atoms with E-state index in [9.17, 15) is 9.59 Å². The Morgan fingerprint density at radius 3 is 2.65 bits per heavy atom. The van der Waals surface area contributed by atoms with Crippen LogP contribution >= 0.6 is 11.8 Å². The van der Waals surface area contributed by atoms with Gasteiger partial charge >= 0.3 is 0 Å². The largest absolute Gasteiger partial charge is 0.326 e. The zero-order valence-corrected chi connectivity index (χ0v) is 13.9. The zero-order valence-electron chi connectivity index (χ0n) is 13.0. The highest BCUT2D eigenvalue weighted by Gasteiger charge is 2.08. The summed E-state index contributed by atoms with van der Waals surface area (Å²) in [5.74, 6) is 0.309. The Morgan fingerprint density at radius 1 is 1.22 bits per heavy atom. The number of aromatic amines is 1. The molecule has 6 nitrogen and oxygen atoms in total. The SMILES string of the molecule is CCCCCC(=O)Nc1ccc(C(=O)CSc2ncn[nH]2)cc1.